The number of ether oxygens (including phenoxy) is 2. The van der Waals surface area contributed by atoms with Crippen LogP contribution in [-0.4, -0.2) is 19.3 Å². The predicted molar refractivity (Wildman–Crippen MR) is 63.6 cm³/mol. The average molecular weight is 304 g/mol. The Morgan fingerprint density at radius 1 is 1.29 bits per heavy atom. The van der Waals surface area contributed by atoms with Crippen LogP contribution >= 0.6 is 22.6 Å². The first-order chi connectivity index (χ1) is 6.84. The summed E-state index contributed by atoms with van der Waals surface area (Å²) in [6, 6.07) is 8.13. The molecule has 1 aliphatic rings. The van der Waals surface area contributed by atoms with E-state index in [9.17, 15) is 0 Å². The normalized spacial score (nSPS) is 21.9. The van der Waals surface area contributed by atoms with Crippen LogP contribution in [0.4, 0.5) is 0 Å². The van der Waals surface area contributed by atoms with Crippen molar-refractivity contribution in [1.29, 1.82) is 0 Å². The molecule has 2 rings (SSSR count). The third kappa shape index (κ3) is 2.85. The molecule has 1 saturated heterocycles. The molecule has 0 aromatic heterocycles. The molecule has 1 unspecified atom stereocenters. The zero-order valence-electron chi connectivity index (χ0n) is 7.91. The number of rotatable bonds is 2. The number of halogens is 1. The summed E-state index contributed by atoms with van der Waals surface area (Å²) in [6.07, 6.45) is 2.45. The summed E-state index contributed by atoms with van der Waals surface area (Å²) in [5, 5.41) is 0. The van der Waals surface area contributed by atoms with Gasteiger partial charge in [-0.2, -0.15) is 0 Å². The van der Waals surface area contributed by atoms with Gasteiger partial charge in [-0.15, -0.1) is 0 Å². The second kappa shape index (κ2) is 4.98. The maximum Gasteiger partial charge on any atom is 0.122 e. The van der Waals surface area contributed by atoms with Gasteiger partial charge in [0.1, 0.15) is 11.9 Å². The summed E-state index contributed by atoms with van der Waals surface area (Å²) in [5.41, 5.74) is 0. The highest BCUT2D eigenvalue weighted by molar-refractivity contribution is 14.1. The summed E-state index contributed by atoms with van der Waals surface area (Å²) >= 11 is 2.29. The minimum Gasteiger partial charge on any atom is -0.488 e. The fourth-order valence-electron chi connectivity index (χ4n) is 1.51. The third-order valence-electron chi connectivity index (χ3n) is 2.23. The summed E-state index contributed by atoms with van der Waals surface area (Å²) in [7, 11) is 0. The van der Waals surface area contributed by atoms with E-state index in [1.54, 1.807) is 0 Å². The van der Waals surface area contributed by atoms with E-state index in [1.807, 2.05) is 12.1 Å². The molecule has 1 heterocycles. The van der Waals surface area contributed by atoms with Crippen LogP contribution in [0.2, 0.25) is 0 Å². The van der Waals surface area contributed by atoms with Crippen molar-refractivity contribution >= 4 is 22.6 Å². The molecule has 2 nitrogen and oxygen atoms in total. The second-order valence-corrected chi connectivity index (χ2v) is 4.66. The van der Waals surface area contributed by atoms with Gasteiger partial charge in [0, 0.05) is 10.2 Å². The Labute approximate surface area is 97.7 Å². The highest BCUT2D eigenvalue weighted by Gasteiger charge is 2.14. The Bertz CT molecular complexity index is 278. The lowest BCUT2D eigenvalue weighted by molar-refractivity contribution is 0.00742. The minimum absolute atomic E-state index is 0.240. The van der Waals surface area contributed by atoms with E-state index < -0.39 is 0 Å². The van der Waals surface area contributed by atoms with Crippen molar-refractivity contribution in [2.45, 2.75) is 18.9 Å². The van der Waals surface area contributed by atoms with E-state index in [0.717, 1.165) is 31.8 Å². The first-order valence-electron chi connectivity index (χ1n) is 4.84. The van der Waals surface area contributed by atoms with Crippen LogP contribution in [0.1, 0.15) is 12.8 Å². The van der Waals surface area contributed by atoms with Crippen molar-refractivity contribution < 1.29 is 9.47 Å². The van der Waals surface area contributed by atoms with Crippen molar-refractivity contribution in [2.24, 2.45) is 0 Å². The Hall–Kier alpha value is -0.290. The van der Waals surface area contributed by atoms with E-state index in [0.29, 0.717) is 0 Å². The van der Waals surface area contributed by atoms with Gasteiger partial charge in [-0.1, -0.05) is 0 Å². The van der Waals surface area contributed by atoms with Crippen molar-refractivity contribution in [3.63, 3.8) is 0 Å². The van der Waals surface area contributed by atoms with Crippen LogP contribution in [0.15, 0.2) is 24.3 Å². The fraction of sp³-hybridized carbons (Fsp3) is 0.455. The van der Waals surface area contributed by atoms with Gasteiger partial charge in [0.25, 0.3) is 0 Å². The molecule has 3 heteroatoms. The standard InChI is InChI=1S/C11H13IO2/c12-9-3-5-10(6-4-9)14-11-2-1-7-13-8-11/h3-6,11H,1-2,7-8H2. The Kier molecular flexibility index (Phi) is 3.64. The lowest BCUT2D eigenvalue weighted by Gasteiger charge is -2.23. The molecule has 1 fully saturated rings. The number of benzene rings is 1. The van der Waals surface area contributed by atoms with E-state index in [2.05, 4.69) is 34.7 Å². The molecule has 1 aliphatic heterocycles. The number of hydrogen-bond donors (Lipinski definition) is 0. The first kappa shape index (κ1) is 10.2. The monoisotopic (exact) mass is 304 g/mol. The van der Waals surface area contributed by atoms with Crippen molar-refractivity contribution in [1.82, 2.24) is 0 Å². The van der Waals surface area contributed by atoms with Gasteiger partial charge in [0.15, 0.2) is 0 Å². The Balaban J connectivity index is 1.92. The molecule has 0 spiro atoms. The Morgan fingerprint density at radius 2 is 2.07 bits per heavy atom. The third-order valence-corrected chi connectivity index (χ3v) is 2.95. The van der Waals surface area contributed by atoms with Crippen LogP contribution in [0.25, 0.3) is 0 Å². The van der Waals surface area contributed by atoms with E-state index in [1.165, 1.54) is 3.57 Å². The number of hydrogen-bond acceptors (Lipinski definition) is 2. The molecule has 1 aromatic carbocycles. The lowest BCUT2D eigenvalue weighted by atomic mass is 10.2. The summed E-state index contributed by atoms with van der Waals surface area (Å²) in [4.78, 5) is 0. The van der Waals surface area contributed by atoms with Crippen LogP contribution in [0, 0.1) is 3.57 Å². The molecule has 1 atom stereocenters. The van der Waals surface area contributed by atoms with E-state index >= 15 is 0 Å². The average Bonchev–Trinajstić information content (AvgIpc) is 2.23. The largest absolute Gasteiger partial charge is 0.488 e. The summed E-state index contributed by atoms with van der Waals surface area (Å²) in [5.74, 6) is 0.945. The molecular weight excluding hydrogens is 291 g/mol. The fourth-order valence-corrected chi connectivity index (χ4v) is 1.87. The minimum atomic E-state index is 0.240. The van der Waals surface area contributed by atoms with Gasteiger partial charge in [-0.3, -0.25) is 0 Å². The molecule has 0 radical (unpaired) electrons. The van der Waals surface area contributed by atoms with E-state index in [4.69, 9.17) is 9.47 Å². The molecule has 0 aliphatic carbocycles. The molecule has 0 amide bonds. The quantitative estimate of drug-likeness (QED) is 0.782. The van der Waals surface area contributed by atoms with Crippen LogP contribution in [0.5, 0.6) is 5.75 Å². The van der Waals surface area contributed by atoms with Gasteiger partial charge in [-0.05, 0) is 59.7 Å². The van der Waals surface area contributed by atoms with Gasteiger partial charge in [0.05, 0.1) is 6.61 Å². The SMILES string of the molecule is Ic1ccc(OC2CCCOC2)cc1. The van der Waals surface area contributed by atoms with E-state index in [-0.39, 0.29) is 6.10 Å². The molecule has 0 saturated carbocycles. The van der Waals surface area contributed by atoms with Gasteiger partial charge in [0.2, 0.25) is 0 Å². The lowest BCUT2D eigenvalue weighted by Crippen LogP contribution is -2.27. The molecular formula is C11H13IO2. The Morgan fingerprint density at radius 3 is 2.71 bits per heavy atom. The summed E-state index contributed by atoms with van der Waals surface area (Å²) in [6.45, 7) is 1.61. The van der Waals surface area contributed by atoms with Gasteiger partial charge in [-0.25, -0.2) is 0 Å². The molecule has 76 valence electrons. The van der Waals surface area contributed by atoms with Crippen molar-refractivity contribution in [3.05, 3.63) is 27.8 Å². The smallest absolute Gasteiger partial charge is 0.122 e. The second-order valence-electron chi connectivity index (χ2n) is 3.41. The molecule has 14 heavy (non-hydrogen) atoms. The first-order valence-corrected chi connectivity index (χ1v) is 5.92. The van der Waals surface area contributed by atoms with Crippen molar-refractivity contribution in [3.8, 4) is 5.75 Å². The molecule has 0 N–H and O–H groups in total. The van der Waals surface area contributed by atoms with Crippen LogP contribution in [0.3, 0.4) is 0 Å². The molecule has 0 bridgehead atoms. The van der Waals surface area contributed by atoms with Crippen LogP contribution < -0.4 is 4.74 Å². The molecule has 1 aromatic rings. The highest BCUT2D eigenvalue weighted by Crippen LogP contribution is 2.18. The van der Waals surface area contributed by atoms with Gasteiger partial charge >= 0.3 is 0 Å². The topological polar surface area (TPSA) is 18.5 Å². The van der Waals surface area contributed by atoms with Crippen molar-refractivity contribution in [2.75, 3.05) is 13.2 Å². The maximum absolute atomic E-state index is 5.78. The van der Waals surface area contributed by atoms with Crippen LogP contribution in [-0.2, 0) is 4.74 Å². The predicted octanol–water partition coefficient (Wildman–Crippen LogP) is 2.85. The summed E-state index contributed by atoms with van der Waals surface area (Å²) < 4.78 is 12.4. The zero-order chi connectivity index (χ0) is 9.80. The highest BCUT2D eigenvalue weighted by atomic mass is 127. The maximum atomic E-state index is 5.78. The van der Waals surface area contributed by atoms with Gasteiger partial charge < -0.3 is 9.47 Å². The zero-order valence-corrected chi connectivity index (χ0v) is 10.1.